The third-order valence-electron chi connectivity index (χ3n) is 2.84. The highest BCUT2D eigenvalue weighted by molar-refractivity contribution is 7.89. The molecule has 0 saturated carbocycles. The molecular formula is C15H25NO4S. The van der Waals surface area contributed by atoms with Crippen molar-refractivity contribution in [2.45, 2.75) is 39.0 Å². The summed E-state index contributed by atoms with van der Waals surface area (Å²) in [5.74, 6) is 1.46. The molecule has 5 nitrogen and oxygen atoms in total. The Balaban J connectivity index is 2.93. The highest BCUT2D eigenvalue weighted by Gasteiger charge is 2.17. The molecule has 0 heterocycles. The van der Waals surface area contributed by atoms with E-state index in [0.29, 0.717) is 37.2 Å². The fourth-order valence-electron chi connectivity index (χ4n) is 1.76. The fraction of sp³-hybridized carbons (Fsp3) is 0.600. The lowest BCUT2D eigenvalue weighted by Gasteiger charge is -2.13. The molecule has 1 N–H and O–H groups in total. The van der Waals surface area contributed by atoms with E-state index in [4.69, 9.17) is 9.47 Å². The third-order valence-corrected chi connectivity index (χ3v) is 4.30. The van der Waals surface area contributed by atoms with Crippen LogP contribution in [0.15, 0.2) is 23.1 Å². The van der Waals surface area contributed by atoms with Gasteiger partial charge in [0.25, 0.3) is 0 Å². The summed E-state index contributed by atoms with van der Waals surface area (Å²) in [6.45, 7) is 9.20. The molecule has 0 radical (unpaired) electrons. The van der Waals surface area contributed by atoms with Gasteiger partial charge in [-0.05, 0) is 38.3 Å². The predicted octanol–water partition coefficient (Wildman–Crippen LogP) is 2.81. The summed E-state index contributed by atoms with van der Waals surface area (Å²) < 4.78 is 37.9. The number of nitrogens with one attached hydrogen (secondary N) is 1. The van der Waals surface area contributed by atoms with Crippen LogP contribution in [0.5, 0.6) is 11.5 Å². The Morgan fingerprint density at radius 2 is 1.71 bits per heavy atom. The van der Waals surface area contributed by atoms with Gasteiger partial charge in [0.15, 0.2) is 11.5 Å². The summed E-state index contributed by atoms with van der Waals surface area (Å²) in [4.78, 5) is 0.193. The van der Waals surface area contributed by atoms with Crippen molar-refractivity contribution in [2.75, 3.05) is 19.8 Å². The standard InChI is InChI=1S/C15H25NO4S/c1-5-19-14-8-7-13(11-15(14)20-6-2)21(17,18)16-10-9-12(3)4/h7-8,11-12,16H,5-6,9-10H2,1-4H3. The van der Waals surface area contributed by atoms with Crippen molar-refractivity contribution in [1.29, 1.82) is 0 Å². The quantitative estimate of drug-likeness (QED) is 0.761. The lowest BCUT2D eigenvalue weighted by Crippen LogP contribution is -2.25. The zero-order chi connectivity index (χ0) is 15.9. The van der Waals surface area contributed by atoms with Crippen LogP contribution in [0.4, 0.5) is 0 Å². The van der Waals surface area contributed by atoms with Gasteiger partial charge in [0.1, 0.15) is 0 Å². The van der Waals surface area contributed by atoms with Gasteiger partial charge in [-0.1, -0.05) is 13.8 Å². The van der Waals surface area contributed by atoms with Crippen LogP contribution in [-0.4, -0.2) is 28.2 Å². The molecule has 1 aromatic carbocycles. The largest absolute Gasteiger partial charge is 0.490 e. The van der Waals surface area contributed by atoms with E-state index in [1.54, 1.807) is 6.07 Å². The highest BCUT2D eigenvalue weighted by atomic mass is 32.2. The first-order chi connectivity index (χ1) is 9.90. The Kier molecular flexibility index (Phi) is 6.98. The van der Waals surface area contributed by atoms with Crippen molar-refractivity contribution in [3.8, 4) is 11.5 Å². The minimum Gasteiger partial charge on any atom is -0.490 e. The second kappa shape index (κ2) is 8.24. The van der Waals surface area contributed by atoms with Crippen molar-refractivity contribution >= 4 is 10.0 Å². The van der Waals surface area contributed by atoms with Crippen molar-refractivity contribution < 1.29 is 17.9 Å². The van der Waals surface area contributed by atoms with Crippen LogP contribution in [0.3, 0.4) is 0 Å². The summed E-state index contributed by atoms with van der Waals surface area (Å²) >= 11 is 0. The summed E-state index contributed by atoms with van der Waals surface area (Å²) in [7, 11) is -3.51. The SMILES string of the molecule is CCOc1ccc(S(=O)(=O)NCCC(C)C)cc1OCC. The molecule has 0 fully saturated rings. The first-order valence-corrected chi connectivity index (χ1v) is 8.78. The average Bonchev–Trinajstić information content (AvgIpc) is 2.40. The smallest absolute Gasteiger partial charge is 0.240 e. The molecule has 0 bridgehead atoms. The van der Waals surface area contributed by atoms with Crippen LogP contribution in [0, 0.1) is 5.92 Å². The van der Waals surface area contributed by atoms with Gasteiger partial charge in [-0.25, -0.2) is 13.1 Å². The van der Waals surface area contributed by atoms with Gasteiger partial charge in [0.2, 0.25) is 10.0 Å². The van der Waals surface area contributed by atoms with Crippen molar-refractivity contribution in [2.24, 2.45) is 5.92 Å². The summed E-state index contributed by atoms with van der Waals surface area (Å²) in [6, 6.07) is 4.67. The number of benzene rings is 1. The van der Waals surface area contributed by atoms with Crippen molar-refractivity contribution in [3.63, 3.8) is 0 Å². The number of ether oxygens (including phenoxy) is 2. The Bertz CT molecular complexity index is 541. The second-order valence-electron chi connectivity index (χ2n) is 5.05. The molecule has 0 saturated heterocycles. The maximum Gasteiger partial charge on any atom is 0.240 e. The number of sulfonamides is 1. The van der Waals surface area contributed by atoms with Gasteiger partial charge < -0.3 is 9.47 Å². The zero-order valence-electron chi connectivity index (χ0n) is 13.2. The van der Waals surface area contributed by atoms with Crippen molar-refractivity contribution in [3.05, 3.63) is 18.2 Å². The van der Waals surface area contributed by atoms with Gasteiger partial charge >= 0.3 is 0 Å². The molecule has 0 aliphatic heterocycles. The van der Waals surface area contributed by atoms with E-state index in [9.17, 15) is 8.42 Å². The molecule has 120 valence electrons. The fourth-order valence-corrected chi connectivity index (χ4v) is 2.83. The lowest BCUT2D eigenvalue weighted by molar-refractivity contribution is 0.287. The van der Waals surface area contributed by atoms with Crippen LogP contribution < -0.4 is 14.2 Å². The summed E-state index contributed by atoms with van der Waals surface area (Å²) in [6.07, 6.45) is 0.800. The molecule has 0 unspecified atom stereocenters. The minimum atomic E-state index is -3.51. The molecule has 0 aromatic heterocycles. The Hall–Kier alpha value is -1.27. The van der Waals surface area contributed by atoms with Crippen LogP contribution in [0.1, 0.15) is 34.1 Å². The van der Waals surface area contributed by atoms with E-state index in [2.05, 4.69) is 18.6 Å². The molecule has 0 atom stereocenters. The van der Waals surface area contributed by atoms with Gasteiger partial charge in [-0.3, -0.25) is 0 Å². The van der Waals surface area contributed by atoms with Crippen molar-refractivity contribution in [1.82, 2.24) is 4.72 Å². The first-order valence-electron chi connectivity index (χ1n) is 7.30. The topological polar surface area (TPSA) is 64.6 Å². The lowest BCUT2D eigenvalue weighted by atomic mass is 10.1. The van der Waals surface area contributed by atoms with E-state index < -0.39 is 10.0 Å². The van der Waals surface area contributed by atoms with E-state index in [-0.39, 0.29) is 4.90 Å². The number of hydrogen-bond donors (Lipinski definition) is 1. The van der Waals surface area contributed by atoms with Crippen LogP contribution >= 0.6 is 0 Å². The zero-order valence-corrected chi connectivity index (χ0v) is 14.0. The van der Waals surface area contributed by atoms with E-state index in [0.717, 1.165) is 6.42 Å². The molecule has 0 aliphatic rings. The maximum atomic E-state index is 12.2. The predicted molar refractivity (Wildman–Crippen MR) is 83.4 cm³/mol. The normalized spacial score (nSPS) is 11.7. The van der Waals surface area contributed by atoms with Crippen LogP contribution in [0.25, 0.3) is 0 Å². The average molecular weight is 315 g/mol. The van der Waals surface area contributed by atoms with Gasteiger partial charge in [-0.2, -0.15) is 0 Å². The monoisotopic (exact) mass is 315 g/mol. The third kappa shape index (κ3) is 5.55. The molecule has 21 heavy (non-hydrogen) atoms. The molecule has 0 amide bonds. The molecule has 0 aliphatic carbocycles. The first kappa shape index (κ1) is 17.8. The summed E-state index contributed by atoms with van der Waals surface area (Å²) in [5.41, 5.74) is 0. The van der Waals surface area contributed by atoms with Gasteiger partial charge in [0, 0.05) is 12.6 Å². The van der Waals surface area contributed by atoms with E-state index in [1.807, 2.05) is 13.8 Å². The van der Waals surface area contributed by atoms with Crippen LogP contribution in [-0.2, 0) is 10.0 Å². The van der Waals surface area contributed by atoms with E-state index >= 15 is 0 Å². The molecule has 1 aromatic rings. The van der Waals surface area contributed by atoms with Crippen LogP contribution in [0.2, 0.25) is 0 Å². The molecular weight excluding hydrogens is 290 g/mol. The molecule has 6 heteroatoms. The molecule has 1 rings (SSSR count). The Morgan fingerprint density at radius 3 is 2.29 bits per heavy atom. The van der Waals surface area contributed by atoms with Gasteiger partial charge in [0.05, 0.1) is 18.1 Å². The second-order valence-corrected chi connectivity index (χ2v) is 6.82. The van der Waals surface area contributed by atoms with E-state index in [1.165, 1.54) is 12.1 Å². The summed E-state index contributed by atoms with van der Waals surface area (Å²) in [5, 5.41) is 0. The Labute approximate surface area is 127 Å². The minimum absolute atomic E-state index is 0.193. The molecule has 0 spiro atoms. The number of hydrogen-bond acceptors (Lipinski definition) is 4. The van der Waals surface area contributed by atoms with Gasteiger partial charge in [-0.15, -0.1) is 0 Å². The highest BCUT2D eigenvalue weighted by Crippen LogP contribution is 2.30. The Morgan fingerprint density at radius 1 is 1.10 bits per heavy atom. The maximum absolute atomic E-state index is 12.2. The number of rotatable bonds is 9.